The zero-order valence-corrected chi connectivity index (χ0v) is 17.0. The van der Waals surface area contributed by atoms with Gasteiger partial charge in [0, 0.05) is 23.4 Å². The van der Waals surface area contributed by atoms with Crippen molar-refractivity contribution in [3.05, 3.63) is 70.3 Å². The van der Waals surface area contributed by atoms with E-state index in [1.165, 1.54) is 24.4 Å². The van der Waals surface area contributed by atoms with Crippen LogP contribution in [0.1, 0.15) is 21.5 Å². The molecule has 0 spiro atoms. The Bertz CT molecular complexity index is 1400. The number of nitrogens with one attached hydrogen (secondary N) is 1. The lowest BCUT2D eigenvalue weighted by Crippen LogP contribution is -2.15. The van der Waals surface area contributed by atoms with Crippen molar-refractivity contribution >= 4 is 33.3 Å². The molecular weight excluding hydrogens is 449 g/mol. The van der Waals surface area contributed by atoms with Crippen molar-refractivity contribution in [2.75, 3.05) is 4.72 Å². The van der Waals surface area contributed by atoms with E-state index >= 15 is 0 Å². The number of carbonyl (C=O) groups excluding carboxylic acids is 1. The molecule has 0 radical (unpaired) electrons. The van der Waals surface area contributed by atoms with E-state index in [-0.39, 0.29) is 29.0 Å². The van der Waals surface area contributed by atoms with Gasteiger partial charge in [-0.15, -0.1) is 0 Å². The number of sulfonamides is 1. The van der Waals surface area contributed by atoms with Crippen molar-refractivity contribution < 1.29 is 27.4 Å². The monoisotopic (exact) mass is 459 g/mol. The quantitative estimate of drug-likeness (QED) is 0.388. The molecule has 2 aromatic carbocycles. The fourth-order valence-corrected chi connectivity index (χ4v) is 4.55. The molecule has 0 saturated heterocycles. The van der Waals surface area contributed by atoms with Gasteiger partial charge in [0.1, 0.15) is 17.6 Å². The van der Waals surface area contributed by atoms with E-state index in [1.54, 1.807) is 0 Å². The SMILES string of the molecule is N#Cc1ccc2cc1NS(=O)(=O)c1cc(cc(Cl)c1O)C(=O)OCc1cc(F)ncc1-2. The molecule has 1 aromatic heterocycles. The summed E-state index contributed by atoms with van der Waals surface area (Å²) in [5.74, 6) is -2.52. The van der Waals surface area contributed by atoms with Crippen molar-refractivity contribution in [3.8, 4) is 22.9 Å². The van der Waals surface area contributed by atoms with Crippen LogP contribution < -0.4 is 4.72 Å². The summed E-state index contributed by atoms with van der Waals surface area (Å²) in [6.07, 6.45) is 1.21. The number of phenols is 1. The topological polar surface area (TPSA) is 129 Å². The lowest BCUT2D eigenvalue weighted by molar-refractivity contribution is 0.0472. The second-order valence-corrected chi connectivity index (χ2v) is 8.58. The number of hydrogen-bond acceptors (Lipinski definition) is 7. The third kappa shape index (κ3) is 3.76. The van der Waals surface area contributed by atoms with Gasteiger partial charge in [0.15, 0.2) is 5.75 Å². The minimum atomic E-state index is -4.47. The van der Waals surface area contributed by atoms with E-state index < -0.39 is 37.6 Å². The second-order valence-electron chi connectivity index (χ2n) is 6.52. The number of esters is 1. The van der Waals surface area contributed by atoms with Gasteiger partial charge in [0.2, 0.25) is 5.95 Å². The van der Waals surface area contributed by atoms with Gasteiger partial charge in [-0.25, -0.2) is 18.2 Å². The van der Waals surface area contributed by atoms with Crippen molar-refractivity contribution in [1.82, 2.24) is 4.98 Å². The molecule has 31 heavy (non-hydrogen) atoms. The summed E-state index contributed by atoms with van der Waals surface area (Å²) in [6, 6.07) is 9.15. The predicted molar refractivity (Wildman–Crippen MR) is 107 cm³/mol. The maximum absolute atomic E-state index is 13.8. The number of ether oxygens (including phenoxy) is 1. The summed E-state index contributed by atoms with van der Waals surface area (Å²) in [5.41, 5.74) is 0.680. The molecule has 4 bridgehead atoms. The van der Waals surface area contributed by atoms with E-state index in [4.69, 9.17) is 16.3 Å². The molecule has 2 heterocycles. The number of nitrogens with zero attached hydrogens (tertiary/aromatic N) is 2. The van der Waals surface area contributed by atoms with Crippen LogP contribution in [0.2, 0.25) is 5.02 Å². The van der Waals surface area contributed by atoms with Gasteiger partial charge in [-0.2, -0.15) is 9.65 Å². The highest BCUT2D eigenvalue weighted by Gasteiger charge is 2.26. The fraction of sp³-hybridized carbons (Fsp3) is 0.0500. The van der Waals surface area contributed by atoms with Crippen LogP contribution in [0.15, 0.2) is 47.5 Å². The van der Waals surface area contributed by atoms with E-state index in [9.17, 15) is 28.0 Å². The summed E-state index contributed by atoms with van der Waals surface area (Å²) in [4.78, 5) is 15.4. The Labute approximate surface area is 180 Å². The minimum Gasteiger partial charge on any atom is -0.505 e. The van der Waals surface area contributed by atoms with Gasteiger partial charge >= 0.3 is 5.97 Å². The van der Waals surface area contributed by atoms with Crippen molar-refractivity contribution in [1.29, 1.82) is 5.26 Å². The van der Waals surface area contributed by atoms with Crippen molar-refractivity contribution in [2.24, 2.45) is 0 Å². The fourth-order valence-electron chi connectivity index (χ4n) is 3.06. The number of nitriles is 1. The summed E-state index contributed by atoms with van der Waals surface area (Å²) in [6.45, 7) is -0.350. The van der Waals surface area contributed by atoms with Crippen LogP contribution in [0, 0.1) is 17.3 Å². The number of aromatic nitrogens is 1. The molecule has 3 aromatic rings. The maximum atomic E-state index is 13.8. The zero-order valence-electron chi connectivity index (χ0n) is 15.4. The average molecular weight is 460 g/mol. The Morgan fingerprint density at radius 3 is 2.74 bits per heavy atom. The number of benzene rings is 2. The molecule has 0 amide bonds. The molecule has 8 nitrogen and oxygen atoms in total. The van der Waals surface area contributed by atoms with Crippen molar-refractivity contribution in [3.63, 3.8) is 0 Å². The Morgan fingerprint density at radius 2 is 2.00 bits per heavy atom. The number of hydrogen-bond donors (Lipinski definition) is 2. The van der Waals surface area contributed by atoms with Crippen LogP contribution >= 0.6 is 11.6 Å². The lowest BCUT2D eigenvalue weighted by Gasteiger charge is -2.13. The minimum absolute atomic E-state index is 0.00659. The Morgan fingerprint density at radius 1 is 1.23 bits per heavy atom. The van der Waals surface area contributed by atoms with Gasteiger partial charge < -0.3 is 9.84 Å². The van der Waals surface area contributed by atoms with E-state index in [1.807, 2.05) is 6.07 Å². The van der Waals surface area contributed by atoms with Crippen LogP contribution in [0.3, 0.4) is 0 Å². The number of pyridine rings is 1. The maximum Gasteiger partial charge on any atom is 0.338 e. The van der Waals surface area contributed by atoms with Gasteiger partial charge in [0.05, 0.1) is 21.8 Å². The van der Waals surface area contributed by atoms with Gasteiger partial charge in [-0.1, -0.05) is 17.7 Å². The molecule has 0 unspecified atom stereocenters. The van der Waals surface area contributed by atoms with Gasteiger partial charge in [-0.3, -0.25) is 4.72 Å². The van der Waals surface area contributed by atoms with Gasteiger partial charge in [-0.05, 0) is 29.8 Å². The molecule has 0 fully saturated rings. The van der Waals surface area contributed by atoms with E-state index in [0.717, 1.165) is 18.2 Å². The first kappa shape index (κ1) is 20.6. The summed E-state index contributed by atoms with van der Waals surface area (Å²) in [7, 11) is -4.47. The Hall–Kier alpha value is -3.68. The molecule has 4 rings (SSSR count). The first-order valence-corrected chi connectivity index (χ1v) is 10.5. The van der Waals surface area contributed by atoms with Gasteiger partial charge in [0.25, 0.3) is 10.0 Å². The number of cyclic esters (lactones) is 1. The number of carbonyl (C=O) groups is 1. The predicted octanol–water partition coefficient (Wildman–Crippen LogP) is 3.59. The molecule has 0 aliphatic carbocycles. The largest absolute Gasteiger partial charge is 0.505 e. The lowest BCUT2D eigenvalue weighted by atomic mass is 10.00. The van der Waals surface area contributed by atoms with Crippen LogP contribution in [0.25, 0.3) is 11.1 Å². The standard InChI is InChI=1S/C20H11ClFN3O5S/c21-15-3-12-5-17(19(15)26)31(28,29)25-16-4-10(1-2-11(16)7-23)14-8-24-18(22)6-13(14)9-30-20(12)27/h1-6,8,25-26H,9H2. The first-order valence-electron chi connectivity index (χ1n) is 8.61. The third-order valence-electron chi connectivity index (χ3n) is 4.56. The number of halogens is 2. The normalized spacial score (nSPS) is 14.5. The van der Waals surface area contributed by atoms with Crippen LogP contribution in [0.5, 0.6) is 5.75 Å². The van der Waals surface area contributed by atoms with E-state index in [0.29, 0.717) is 11.1 Å². The smallest absolute Gasteiger partial charge is 0.338 e. The molecule has 156 valence electrons. The first-order chi connectivity index (χ1) is 14.7. The van der Waals surface area contributed by atoms with Crippen LogP contribution in [-0.2, 0) is 21.4 Å². The molecular formula is C20H11ClFN3O5S. The highest BCUT2D eigenvalue weighted by Crippen LogP contribution is 2.36. The molecule has 1 aliphatic rings. The molecule has 0 saturated carbocycles. The Kier molecular flexibility index (Phi) is 5.00. The van der Waals surface area contributed by atoms with E-state index in [2.05, 4.69) is 9.71 Å². The van der Waals surface area contributed by atoms with Crippen LogP contribution in [0.4, 0.5) is 10.1 Å². The summed E-state index contributed by atoms with van der Waals surface area (Å²) >= 11 is 5.92. The third-order valence-corrected chi connectivity index (χ3v) is 6.23. The number of aromatic hydroxyl groups is 1. The number of fused-ring (bicyclic) bond motifs is 6. The molecule has 2 N–H and O–H groups in total. The summed E-state index contributed by atoms with van der Waals surface area (Å²) < 4.78 is 47.1. The Balaban J connectivity index is 2.01. The average Bonchev–Trinajstić information content (AvgIpc) is 2.73. The second kappa shape index (κ2) is 7.54. The van der Waals surface area contributed by atoms with Crippen molar-refractivity contribution in [2.45, 2.75) is 11.5 Å². The number of rotatable bonds is 0. The number of phenolic OH excluding ortho intramolecular Hbond substituents is 1. The number of anilines is 1. The summed E-state index contributed by atoms with van der Waals surface area (Å²) in [5, 5.41) is 19.2. The zero-order chi connectivity index (χ0) is 22.3. The molecule has 1 aliphatic heterocycles. The molecule has 11 heteroatoms. The molecule has 0 atom stereocenters. The van der Waals surface area contributed by atoms with Crippen LogP contribution in [-0.4, -0.2) is 24.5 Å². The highest BCUT2D eigenvalue weighted by molar-refractivity contribution is 7.92. The highest BCUT2D eigenvalue weighted by atomic mass is 35.5.